The van der Waals surface area contributed by atoms with Crippen LogP contribution in [-0.4, -0.2) is 51.3 Å². The molecule has 1 aromatic carbocycles. The largest absolute Gasteiger partial charge is 0.340 e. The van der Waals surface area contributed by atoms with Gasteiger partial charge in [0.25, 0.3) is 0 Å². The van der Waals surface area contributed by atoms with Crippen molar-refractivity contribution in [3.63, 3.8) is 0 Å². The Kier molecular flexibility index (Phi) is 5.21. The molecule has 0 N–H and O–H groups in total. The highest BCUT2D eigenvalue weighted by Crippen LogP contribution is 2.20. The topological polar surface area (TPSA) is 40.9 Å². The zero-order valence-corrected chi connectivity index (χ0v) is 15.8. The number of rotatable bonds is 5. The minimum Gasteiger partial charge on any atom is -0.340 e. The van der Waals surface area contributed by atoms with E-state index >= 15 is 0 Å². The monoisotopic (exact) mass is 362 g/mol. The van der Waals surface area contributed by atoms with Crippen molar-refractivity contribution in [2.45, 2.75) is 25.8 Å². The predicted octanol–water partition coefficient (Wildman–Crippen LogP) is 3.17. The number of piperazine rings is 1. The van der Waals surface area contributed by atoms with Gasteiger partial charge in [-0.3, -0.25) is 9.69 Å². The molecule has 0 radical (unpaired) electrons. The number of nitrogens with zero attached hydrogens (tertiary/aromatic N) is 4. The Bertz CT molecular complexity index is 864. The molecule has 2 aromatic heterocycles. The van der Waals surface area contributed by atoms with Crippen LogP contribution in [0.25, 0.3) is 5.65 Å². The molecule has 0 saturated carbocycles. The Morgan fingerprint density at radius 1 is 1.04 bits per heavy atom. The first-order chi connectivity index (χ1) is 13.2. The summed E-state index contributed by atoms with van der Waals surface area (Å²) in [5, 5.41) is 0. The first-order valence-corrected chi connectivity index (χ1v) is 9.67. The van der Waals surface area contributed by atoms with Crippen molar-refractivity contribution in [3.8, 4) is 0 Å². The van der Waals surface area contributed by atoms with Crippen LogP contribution >= 0.6 is 0 Å². The van der Waals surface area contributed by atoms with E-state index in [4.69, 9.17) is 0 Å². The highest BCUT2D eigenvalue weighted by Gasteiger charge is 2.23. The maximum Gasteiger partial charge on any atom is 0.223 e. The highest BCUT2D eigenvalue weighted by molar-refractivity contribution is 5.77. The SMILES string of the molecule is CC(CC(=O)N1CCN(Cc2cn3ccccc3n2)CC1)c1ccccc1. The smallest absolute Gasteiger partial charge is 0.223 e. The quantitative estimate of drug-likeness (QED) is 0.700. The van der Waals surface area contributed by atoms with Gasteiger partial charge in [-0.05, 0) is 23.6 Å². The van der Waals surface area contributed by atoms with Crippen molar-refractivity contribution in [2.24, 2.45) is 0 Å². The summed E-state index contributed by atoms with van der Waals surface area (Å²) in [7, 11) is 0. The van der Waals surface area contributed by atoms with E-state index < -0.39 is 0 Å². The van der Waals surface area contributed by atoms with Crippen LogP contribution in [0, 0.1) is 0 Å². The van der Waals surface area contributed by atoms with E-state index in [1.807, 2.05) is 47.5 Å². The van der Waals surface area contributed by atoms with E-state index in [-0.39, 0.29) is 11.8 Å². The Morgan fingerprint density at radius 2 is 1.78 bits per heavy atom. The summed E-state index contributed by atoms with van der Waals surface area (Å²) in [6.07, 6.45) is 4.70. The van der Waals surface area contributed by atoms with Gasteiger partial charge in [0.2, 0.25) is 5.91 Å². The summed E-state index contributed by atoms with van der Waals surface area (Å²) in [4.78, 5) is 21.7. The molecule has 5 heteroatoms. The molecular weight excluding hydrogens is 336 g/mol. The first kappa shape index (κ1) is 17.7. The summed E-state index contributed by atoms with van der Waals surface area (Å²) >= 11 is 0. The van der Waals surface area contributed by atoms with E-state index in [0.29, 0.717) is 6.42 Å². The number of carbonyl (C=O) groups excluding carboxylic acids is 1. The average Bonchev–Trinajstić information content (AvgIpc) is 3.11. The van der Waals surface area contributed by atoms with Crippen LogP contribution in [0.4, 0.5) is 0 Å². The molecular formula is C22H26N4O. The number of hydrogen-bond donors (Lipinski definition) is 0. The summed E-state index contributed by atoms with van der Waals surface area (Å²) in [5.74, 6) is 0.522. The lowest BCUT2D eigenvalue weighted by molar-refractivity contribution is -0.133. The minimum absolute atomic E-state index is 0.259. The van der Waals surface area contributed by atoms with Crippen LogP contribution in [0.1, 0.15) is 30.5 Å². The third-order valence-corrected chi connectivity index (χ3v) is 5.37. The second-order valence-corrected chi connectivity index (χ2v) is 7.37. The van der Waals surface area contributed by atoms with Crippen LogP contribution in [-0.2, 0) is 11.3 Å². The van der Waals surface area contributed by atoms with E-state index in [1.165, 1.54) is 5.56 Å². The molecule has 1 amide bonds. The lowest BCUT2D eigenvalue weighted by Gasteiger charge is -2.35. The molecule has 1 atom stereocenters. The molecule has 1 fully saturated rings. The molecule has 27 heavy (non-hydrogen) atoms. The molecule has 140 valence electrons. The maximum absolute atomic E-state index is 12.7. The van der Waals surface area contributed by atoms with Crippen molar-refractivity contribution in [1.82, 2.24) is 19.2 Å². The van der Waals surface area contributed by atoms with Gasteiger partial charge in [-0.15, -0.1) is 0 Å². The maximum atomic E-state index is 12.7. The van der Waals surface area contributed by atoms with Crippen LogP contribution in [0.5, 0.6) is 0 Å². The lowest BCUT2D eigenvalue weighted by Crippen LogP contribution is -2.48. The molecule has 0 bridgehead atoms. The first-order valence-electron chi connectivity index (χ1n) is 9.67. The molecule has 1 unspecified atom stereocenters. The normalized spacial score (nSPS) is 16.6. The average molecular weight is 362 g/mol. The molecule has 3 aromatic rings. The van der Waals surface area contributed by atoms with Gasteiger partial charge in [0.05, 0.1) is 5.69 Å². The number of carbonyl (C=O) groups is 1. The van der Waals surface area contributed by atoms with Gasteiger partial charge in [-0.1, -0.05) is 43.3 Å². The standard InChI is InChI=1S/C22H26N4O/c1-18(19-7-3-2-4-8-19)15-22(27)25-13-11-24(12-14-25)16-20-17-26-10-6-5-9-21(26)23-20/h2-10,17-18H,11-16H2,1H3. The minimum atomic E-state index is 0.259. The third kappa shape index (κ3) is 4.19. The molecule has 1 aliphatic rings. The summed E-state index contributed by atoms with van der Waals surface area (Å²) < 4.78 is 2.06. The van der Waals surface area contributed by atoms with Gasteiger partial charge in [0, 0.05) is 51.5 Å². The Labute approximate surface area is 160 Å². The number of pyridine rings is 1. The van der Waals surface area contributed by atoms with Crippen molar-refractivity contribution < 1.29 is 4.79 Å². The van der Waals surface area contributed by atoms with Gasteiger partial charge >= 0.3 is 0 Å². The molecule has 3 heterocycles. The third-order valence-electron chi connectivity index (χ3n) is 5.37. The van der Waals surface area contributed by atoms with Crippen LogP contribution < -0.4 is 0 Å². The molecule has 5 nitrogen and oxygen atoms in total. The second-order valence-electron chi connectivity index (χ2n) is 7.37. The predicted molar refractivity (Wildman–Crippen MR) is 107 cm³/mol. The van der Waals surface area contributed by atoms with Crippen molar-refractivity contribution >= 4 is 11.6 Å². The van der Waals surface area contributed by atoms with E-state index in [1.54, 1.807) is 0 Å². The fourth-order valence-corrected chi connectivity index (χ4v) is 3.74. The molecule has 0 aliphatic carbocycles. The van der Waals surface area contributed by atoms with Gasteiger partial charge in [0.15, 0.2) is 0 Å². The molecule has 0 spiro atoms. The van der Waals surface area contributed by atoms with Crippen LogP contribution in [0.15, 0.2) is 60.9 Å². The van der Waals surface area contributed by atoms with Crippen molar-refractivity contribution in [1.29, 1.82) is 0 Å². The fourth-order valence-electron chi connectivity index (χ4n) is 3.74. The van der Waals surface area contributed by atoms with E-state index in [2.05, 4.69) is 39.5 Å². The fraction of sp³-hybridized carbons (Fsp3) is 0.364. The summed E-state index contributed by atoms with van der Waals surface area (Å²) in [6, 6.07) is 16.3. The number of imidazole rings is 1. The van der Waals surface area contributed by atoms with E-state index in [9.17, 15) is 4.79 Å². The molecule has 4 rings (SSSR count). The Balaban J connectivity index is 1.28. The molecule has 1 saturated heterocycles. The van der Waals surface area contributed by atoms with Gasteiger partial charge < -0.3 is 9.30 Å². The van der Waals surface area contributed by atoms with Crippen molar-refractivity contribution in [2.75, 3.05) is 26.2 Å². The summed E-state index contributed by atoms with van der Waals surface area (Å²) in [5.41, 5.74) is 3.30. The Morgan fingerprint density at radius 3 is 2.52 bits per heavy atom. The number of fused-ring (bicyclic) bond motifs is 1. The zero-order chi connectivity index (χ0) is 18.6. The van der Waals surface area contributed by atoms with Gasteiger partial charge in [0.1, 0.15) is 5.65 Å². The van der Waals surface area contributed by atoms with Crippen LogP contribution in [0.2, 0.25) is 0 Å². The Hall–Kier alpha value is -2.66. The lowest BCUT2D eigenvalue weighted by atomic mass is 9.97. The molecule has 1 aliphatic heterocycles. The highest BCUT2D eigenvalue weighted by atomic mass is 16.2. The second kappa shape index (κ2) is 7.92. The van der Waals surface area contributed by atoms with Gasteiger partial charge in [-0.2, -0.15) is 0 Å². The van der Waals surface area contributed by atoms with Crippen LogP contribution in [0.3, 0.4) is 0 Å². The zero-order valence-electron chi connectivity index (χ0n) is 15.8. The van der Waals surface area contributed by atoms with E-state index in [0.717, 1.165) is 44.1 Å². The van der Waals surface area contributed by atoms with Gasteiger partial charge in [-0.25, -0.2) is 4.98 Å². The van der Waals surface area contributed by atoms with Crippen molar-refractivity contribution in [3.05, 3.63) is 72.2 Å². The number of amides is 1. The number of hydrogen-bond acceptors (Lipinski definition) is 3. The summed E-state index contributed by atoms with van der Waals surface area (Å²) in [6.45, 7) is 6.37. The number of benzene rings is 1. The number of aromatic nitrogens is 2.